The van der Waals surface area contributed by atoms with Crippen LogP contribution < -0.4 is 5.73 Å². The number of likely N-dealkylation sites (tertiary alicyclic amines) is 1. The van der Waals surface area contributed by atoms with Crippen LogP contribution in [0.3, 0.4) is 0 Å². The Morgan fingerprint density at radius 3 is 2.67 bits per heavy atom. The molecule has 1 saturated heterocycles. The molecule has 104 valence electrons. The minimum absolute atomic E-state index is 0.0141. The fourth-order valence-corrected chi connectivity index (χ4v) is 2.74. The van der Waals surface area contributed by atoms with E-state index < -0.39 is 12.0 Å². The van der Waals surface area contributed by atoms with E-state index in [9.17, 15) is 14.7 Å². The Morgan fingerprint density at radius 2 is 2.17 bits per heavy atom. The van der Waals surface area contributed by atoms with Crippen molar-refractivity contribution in [1.29, 1.82) is 0 Å². The molecule has 0 aromatic rings. The second kappa shape index (κ2) is 6.73. The maximum absolute atomic E-state index is 12.4. The minimum atomic E-state index is -0.900. The van der Waals surface area contributed by atoms with Crippen LogP contribution >= 0.6 is 0 Å². The molecule has 1 rings (SSSR count). The van der Waals surface area contributed by atoms with Crippen LogP contribution in [0.2, 0.25) is 0 Å². The molecule has 0 radical (unpaired) electrons. The molecule has 3 unspecified atom stereocenters. The summed E-state index contributed by atoms with van der Waals surface area (Å²) in [6, 6.07) is -0.683. The van der Waals surface area contributed by atoms with Gasteiger partial charge in [0.25, 0.3) is 0 Å². The van der Waals surface area contributed by atoms with Gasteiger partial charge in [-0.1, -0.05) is 20.3 Å². The molecule has 0 aliphatic carbocycles. The molecule has 1 amide bonds. The predicted octanol–water partition coefficient (Wildman–Crippen LogP) is 1.07. The van der Waals surface area contributed by atoms with E-state index in [1.54, 1.807) is 0 Å². The molecule has 18 heavy (non-hydrogen) atoms. The summed E-state index contributed by atoms with van der Waals surface area (Å²) in [7, 11) is 0. The summed E-state index contributed by atoms with van der Waals surface area (Å²) in [5, 5.41) is 9.29. The smallest absolute Gasteiger partial charge is 0.326 e. The first-order chi connectivity index (χ1) is 8.52. The number of nitrogens with two attached hydrogens (primary N) is 1. The van der Waals surface area contributed by atoms with E-state index in [2.05, 4.69) is 0 Å². The van der Waals surface area contributed by atoms with Crippen LogP contribution in [-0.4, -0.2) is 41.0 Å². The number of amides is 1. The summed E-state index contributed by atoms with van der Waals surface area (Å²) >= 11 is 0. The monoisotopic (exact) mass is 256 g/mol. The van der Waals surface area contributed by atoms with Gasteiger partial charge in [-0.25, -0.2) is 4.79 Å². The number of rotatable bonds is 5. The van der Waals surface area contributed by atoms with Gasteiger partial charge >= 0.3 is 5.97 Å². The van der Waals surface area contributed by atoms with Gasteiger partial charge in [0.15, 0.2) is 0 Å². The fraction of sp³-hybridized carbons (Fsp3) is 0.846. The number of carboxylic acid groups (broad SMARTS) is 1. The number of hydrogen-bond acceptors (Lipinski definition) is 3. The van der Waals surface area contributed by atoms with Gasteiger partial charge in [0, 0.05) is 13.1 Å². The third-order valence-electron chi connectivity index (χ3n) is 3.74. The Kier molecular flexibility index (Phi) is 5.59. The van der Waals surface area contributed by atoms with Crippen LogP contribution in [0.15, 0.2) is 0 Å². The molecule has 1 aliphatic heterocycles. The van der Waals surface area contributed by atoms with Crippen molar-refractivity contribution in [3.05, 3.63) is 0 Å². The van der Waals surface area contributed by atoms with Gasteiger partial charge in [-0.15, -0.1) is 0 Å². The maximum atomic E-state index is 12.4. The Bertz CT molecular complexity index is 307. The zero-order valence-electron chi connectivity index (χ0n) is 11.3. The van der Waals surface area contributed by atoms with Gasteiger partial charge in [-0.05, 0) is 25.2 Å². The fourth-order valence-electron chi connectivity index (χ4n) is 2.74. The lowest BCUT2D eigenvalue weighted by Crippen LogP contribution is -2.54. The maximum Gasteiger partial charge on any atom is 0.326 e. The minimum Gasteiger partial charge on any atom is -0.480 e. The highest BCUT2D eigenvalue weighted by molar-refractivity contribution is 5.85. The van der Waals surface area contributed by atoms with Crippen molar-refractivity contribution in [1.82, 2.24) is 4.90 Å². The van der Waals surface area contributed by atoms with E-state index in [0.717, 1.165) is 25.7 Å². The molecule has 0 bridgehead atoms. The van der Waals surface area contributed by atoms with Crippen molar-refractivity contribution in [2.45, 2.75) is 45.6 Å². The zero-order chi connectivity index (χ0) is 13.7. The van der Waals surface area contributed by atoms with Crippen LogP contribution in [0.25, 0.3) is 0 Å². The summed E-state index contributed by atoms with van der Waals surface area (Å²) in [5.41, 5.74) is 5.63. The number of piperidine rings is 1. The normalized spacial score (nSPS) is 25.8. The molecule has 0 spiro atoms. The van der Waals surface area contributed by atoms with Crippen LogP contribution in [0.1, 0.15) is 39.5 Å². The molecule has 1 fully saturated rings. The Balaban J connectivity index is 2.83. The van der Waals surface area contributed by atoms with Crippen molar-refractivity contribution >= 4 is 11.9 Å². The molecule has 1 heterocycles. The number of carbonyl (C=O) groups is 2. The zero-order valence-corrected chi connectivity index (χ0v) is 11.3. The Morgan fingerprint density at radius 1 is 1.50 bits per heavy atom. The Hall–Kier alpha value is -1.10. The molecule has 0 saturated carbocycles. The third kappa shape index (κ3) is 3.22. The van der Waals surface area contributed by atoms with Crippen LogP contribution in [0.4, 0.5) is 0 Å². The first kappa shape index (κ1) is 15.0. The molecule has 5 nitrogen and oxygen atoms in total. The second-order valence-corrected chi connectivity index (χ2v) is 5.16. The highest BCUT2D eigenvalue weighted by Gasteiger charge is 2.38. The third-order valence-corrected chi connectivity index (χ3v) is 3.74. The summed E-state index contributed by atoms with van der Waals surface area (Å²) < 4.78 is 0. The first-order valence-corrected chi connectivity index (χ1v) is 6.76. The highest BCUT2D eigenvalue weighted by Crippen LogP contribution is 2.25. The lowest BCUT2D eigenvalue weighted by Gasteiger charge is -2.39. The van der Waals surface area contributed by atoms with Gasteiger partial charge in [-0.3, -0.25) is 4.79 Å². The van der Waals surface area contributed by atoms with E-state index in [1.807, 2.05) is 13.8 Å². The van der Waals surface area contributed by atoms with Gasteiger partial charge in [0.2, 0.25) is 5.91 Å². The molecular weight excluding hydrogens is 232 g/mol. The molecule has 5 heteroatoms. The van der Waals surface area contributed by atoms with Crippen molar-refractivity contribution in [3.8, 4) is 0 Å². The largest absolute Gasteiger partial charge is 0.480 e. The molecule has 3 N–H and O–H groups in total. The average molecular weight is 256 g/mol. The predicted molar refractivity (Wildman–Crippen MR) is 69.0 cm³/mol. The molecular formula is C13H24N2O3. The first-order valence-electron chi connectivity index (χ1n) is 6.76. The summed E-state index contributed by atoms with van der Waals surface area (Å²) in [6.45, 7) is 4.74. The van der Waals surface area contributed by atoms with E-state index in [1.165, 1.54) is 4.90 Å². The number of hydrogen-bond donors (Lipinski definition) is 2. The van der Waals surface area contributed by atoms with Gasteiger partial charge < -0.3 is 15.7 Å². The molecule has 0 aromatic heterocycles. The van der Waals surface area contributed by atoms with Gasteiger partial charge in [0.1, 0.15) is 6.04 Å². The SMILES string of the molecule is CCCC(CN)C(=O)N1CCCC(C)C1C(=O)O. The number of nitrogens with zero attached hydrogens (tertiary/aromatic N) is 1. The van der Waals surface area contributed by atoms with E-state index in [-0.39, 0.29) is 17.7 Å². The topological polar surface area (TPSA) is 83.6 Å². The van der Waals surface area contributed by atoms with Crippen LogP contribution in [0, 0.1) is 11.8 Å². The molecule has 3 atom stereocenters. The van der Waals surface area contributed by atoms with Crippen molar-refractivity contribution in [2.75, 3.05) is 13.1 Å². The summed E-state index contributed by atoms with van der Waals surface area (Å²) in [4.78, 5) is 25.2. The number of carbonyl (C=O) groups excluding carboxylic acids is 1. The van der Waals surface area contributed by atoms with Crippen LogP contribution in [-0.2, 0) is 9.59 Å². The lowest BCUT2D eigenvalue weighted by atomic mass is 9.89. The van der Waals surface area contributed by atoms with Crippen LogP contribution in [0.5, 0.6) is 0 Å². The second-order valence-electron chi connectivity index (χ2n) is 5.16. The summed E-state index contributed by atoms with van der Waals surface area (Å²) in [6.07, 6.45) is 3.35. The quantitative estimate of drug-likeness (QED) is 0.770. The highest BCUT2D eigenvalue weighted by atomic mass is 16.4. The van der Waals surface area contributed by atoms with E-state index >= 15 is 0 Å². The Labute approximate surface area is 108 Å². The van der Waals surface area contributed by atoms with E-state index in [4.69, 9.17) is 5.73 Å². The number of aliphatic carboxylic acids is 1. The van der Waals surface area contributed by atoms with E-state index in [0.29, 0.717) is 13.1 Å². The van der Waals surface area contributed by atoms with Crippen molar-refractivity contribution in [2.24, 2.45) is 17.6 Å². The van der Waals surface area contributed by atoms with Crippen molar-refractivity contribution < 1.29 is 14.7 Å². The van der Waals surface area contributed by atoms with Gasteiger partial charge in [-0.2, -0.15) is 0 Å². The molecule has 0 aromatic carbocycles. The standard InChI is InChI=1S/C13H24N2O3/c1-3-5-10(8-14)12(16)15-7-4-6-9(2)11(15)13(17)18/h9-11H,3-8,14H2,1-2H3,(H,17,18). The average Bonchev–Trinajstić information content (AvgIpc) is 2.34. The lowest BCUT2D eigenvalue weighted by molar-refractivity contribution is -0.156. The summed E-state index contributed by atoms with van der Waals surface area (Å²) in [5.74, 6) is -1.21. The van der Waals surface area contributed by atoms with Gasteiger partial charge in [0.05, 0.1) is 5.92 Å². The molecule has 1 aliphatic rings. The van der Waals surface area contributed by atoms with Crippen molar-refractivity contribution in [3.63, 3.8) is 0 Å². The number of carboxylic acids is 1.